The number of fused-ring (bicyclic) bond motifs is 7. The monoisotopic (exact) mass is 1370 g/mol. The molecule has 31 heteroatoms. The highest BCUT2D eigenvalue weighted by Gasteiger charge is 2.72. The molecular formula is C64H104O31. The smallest absolute Gasteiger partial charge is 0.315 e. The maximum absolute atomic E-state index is 15.2. The molecular weight excluding hydrogens is 1260 g/mol. The fourth-order valence-electron chi connectivity index (χ4n) is 18.7. The first-order chi connectivity index (χ1) is 44.5. The SMILES string of the molecule is C[C@@H]1O[C@@H](O[C@H]2[C@H](O[C@H]3CC[C@]4(C)[C@H]5CC=C6[C@@H]7[C@H](O)C(C)(C)CC[C@]7(C(=O)O[C@@H]7O[C@H](CO[C@@H]8O[C@H](CO)[C@@H](O)[C@H](O)[C@H]8O)[C@@H](O)[C@H](O)[C@H]7O)CC[C@@]6(C)[C@]5(C)CC[C@H]4C3(C)C)OC[C@@H](O)[C@@H]2O)[C@H](O)[C@H](O[C@@H]2OC[C@@H](O[C@@H]3O[C@H](CO)[C@@H](O)[C@H](O)[C@H]3O)[C@H](O)[C@H]2O)[C@H]1O. The molecule has 37 atom stereocenters. The zero-order chi connectivity index (χ0) is 69.3. The number of aliphatic hydroxyl groups excluding tert-OH is 18. The van der Waals surface area contributed by atoms with Crippen LogP contribution in [0, 0.1) is 50.2 Å². The van der Waals surface area contributed by atoms with Crippen LogP contribution >= 0.6 is 0 Å². The first kappa shape index (κ1) is 74.2. The summed E-state index contributed by atoms with van der Waals surface area (Å²) in [5, 5.41) is 196. The second kappa shape index (κ2) is 27.7. The first-order valence-corrected chi connectivity index (χ1v) is 33.6. The molecule has 6 heterocycles. The van der Waals surface area contributed by atoms with Crippen LogP contribution in [0.5, 0.6) is 0 Å². The molecule has 6 saturated heterocycles. The number of ether oxygens (including phenoxy) is 12. The molecule has 5 aliphatic carbocycles. The summed E-state index contributed by atoms with van der Waals surface area (Å²) in [5.41, 5.74) is -2.83. The highest BCUT2D eigenvalue weighted by molar-refractivity contribution is 5.79. The predicted molar refractivity (Wildman–Crippen MR) is 316 cm³/mol. The summed E-state index contributed by atoms with van der Waals surface area (Å²) >= 11 is 0. The number of allylic oxidation sites excluding steroid dienone is 1. The van der Waals surface area contributed by atoms with Gasteiger partial charge in [-0.05, 0) is 104 Å². The Morgan fingerprint density at radius 3 is 1.72 bits per heavy atom. The molecule has 6 aliphatic heterocycles. The molecule has 0 spiro atoms. The predicted octanol–water partition coefficient (Wildman–Crippen LogP) is -5.11. The second-order valence-electron chi connectivity index (χ2n) is 31.0. The van der Waals surface area contributed by atoms with E-state index in [4.69, 9.17) is 56.8 Å². The van der Waals surface area contributed by atoms with Gasteiger partial charge in [0.15, 0.2) is 31.5 Å². The number of aliphatic hydroxyl groups is 18. The van der Waals surface area contributed by atoms with E-state index in [1.807, 2.05) is 13.8 Å². The van der Waals surface area contributed by atoms with Crippen molar-refractivity contribution < 1.29 is 154 Å². The van der Waals surface area contributed by atoms with E-state index >= 15 is 4.79 Å². The lowest BCUT2D eigenvalue weighted by Crippen LogP contribution is -2.67. The van der Waals surface area contributed by atoms with Crippen molar-refractivity contribution in [3.63, 3.8) is 0 Å². The van der Waals surface area contributed by atoms with Gasteiger partial charge in [0.1, 0.15) is 128 Å². The Balaban J connectivity index is 0.764. The van der Waals surface area contributed by atoms with E-state index in [2.05, 4.69) is 40.7 Å². The Kier molecular flexibility index (Phi) is 21.6. The third-order valence-electron chi connectivity index (χ3n) is 25.0. The van der Waals surface area contributed by atoms with Crippen LogP contribution < -0.4 is 0 Å². The summed E-state index contributed by atoms with van der Waals surface area (Å²) in [5.74, 6) is -1.38. The van der Waals surface area contributed by atoms with Gasteiger partial charge in [-0.3, -0.25) is 4.79 Å². The lowest BCUT2D eigenvalue weighted by atomic mass is 9.33. The summed E-state index contributed by atoms with van der Waals surface area (Å²) in [6.07, 6.45) is -40.6. The molecule has 0 amide bonds. The lowest BCUT2D eigenvalue weighted by molar-refractivity contribution is -0.382. The van der Waals surface area contributed by atoms with Crippen molar-refractivity contribution in [3.05, 3.63) is 11.6 Å². The van der Waals surface area contributed by atoms with Crippen molar-refractivity contribution in [1.29, 1.82) is 0 Å². The Bertz CT molecular complexity index is 2670. The lowest BCUT2D eigenvalue weighted by Gasteiger charge is -2.71. The molecule has 4 saturated carbocycles. The average Bonchev–Trinajstić information content (AvgIpc) is 0.673. The number of esters is 1. The van der Waals surface area contributed by atoms with E-state index in [9.17, 15) is 91.9 Å². The number of hydrogen-bond donors (Lipinski definition) is 18. The number of rotatable bonds is 15. The van der Waals surface area contributed by atoms with Crippen LogP contribution in [0.2, 0.25) is 0 Å². The summed E-state index contributed by atoms with van der Waals surface area (Å²) in [4.78, 5) is 15.2. The van der Waals surface area contributed by atoms with E-state index in [0.717, 1.165) is 18.4 Å². The van der Waals surface area contributed by atoms with Crippen molar-refractivity contribution in [2.45, 2.75) is 297 Å². The van der Waals surface area contributed by atoms with Gasteiger partial charge in [-0.1, -0.05) is 60.1 Å². The average molecular weight is 1370 g/mol. The normalized spacial score (nSPS) is 54.6. The third-order valence-corrected chi connectivity index (χ3v) is 25.0. The Hall–Kier alpha value is -1.95. The fourth-order valence-corrected chi connectivity index (χ4v) is 18.7. The van der Waals surface area contributed by atoms with Gasteiger partial charge < -0.3 is 149 Å². The molecule has 0 radical (unpaired) electrons. The van der Waals surface area contributed by atoms with Gasteiger partial charge in [-0.15, -0.1) is 0 Å². The molecule has 0 aromatic rings. The minimum Gasteiger partial charge on any atom is -0.432 e. The highest BCUT2D eigenvalue weighted by atomic mass is 16.8. The van der Waals surface area contributed by atoms with Crippen LogP contribution in [0.25, 0.3) is 0 Å². The fraction of sp³-hybridized carbons (Fsp3) is 0.953. The zero-order valence-corrected chi connectivity index (χ0v) is 54.9. The second-order valence-corrected chi connectivity index (χ2v) is 31.0. The molecule has 0 aromatic heterocycles. The molecule has 18 N–H and O–H groups in total. The van der Waals surface area contributed by atoms with E-state index in [1.54, 1.807) is 0 Å². The highest BCUT2D eigenvalue weighted by Crippen LogP contribution is 2.76. The summed E-state index contributed by atoms with van der Waals surface area (Å²) in [6.45, 7) is 13.6. The Labute approximate surface area is 550 Å². The number of carbonyl (C=O) groups excluding carboxylic acids is 1. The van der Waals surface area contributed by atoms with E-state index in [1.165, 1.54) is 6.92 Å². The quantitative estimate of drug-likeness (QED) is 0.0414. The minimum atomic E-state index is -1.93. The van der Waals surface area contributed by atoms with Crippen molar-refractivity contribution in [1.82, 2.24) is 0 Å². The standard InChI is InChI=1S/C64H104O31/c1-24-35(68)49(93-53-44(77)40(73)30(23-86-53)90-54-46(79)42(75)38(71)28(20-66)89-54)48(81)56(87-24)94-50-36(69)26(67)21-84-57(50)92-33-12-13-61(6)31(60(33,4)5)11-14-63(8)32(61)10-9-25-34-51(82)59(2,3)15-17-64(34,18-16-62(25,63)7)58(83)95-55-47(80)43(76)39(72)29(91-55)22-85-52-45(78)41(74)37(70)27(19-65)88-52/h9,24,26-57,65-82H,10-23H2,1-8H3/t24-,26+,27+,28+,29+,30+,31-,32+,33-,34+,35-,36-,37+,38+,39+,40-,41-,42-,43-,44+,45+,46+,47+,48+,49+,50+,51-,52+,53-,54-,55-,56-,57-,61-,62+,63+,64-/m0/s1. The summed E-state index contributed by atoms with van der Waals surface area (Å²) in [7, 11) is 0. The van der Waals surface area contributed by atoms with Gasteiger partial charge >= 0.3 is 5.97 Å². The van der Waals surface area contributed by atoms with Crippen LogP contribution in [-0.4, -0.2) is 315 Å². The van der Waals surface area contributed by atoms with Gasteiger partial charge in [0, 0.05) is 5.92 Å². The molecule has 31 nitrogen and oxygen atoms in total. The van der Waals surface area contributed by atoms with Gasteiger partial charge in [0.2, 0.25) is 6.29 Å². The van der Waals surface area contributed by atoms with Crippen LogP contribution in [0.15, 0.2) is 11.6 Å². The molecule has 11 rings (SSSR count). The molecule has 0 bridgehead atoms. The van der Waals surface area contributed by atoms with Crippen LogP contribution in [-0.2, 0) is 61.6 Å². The molecule has 546 valence electrons. The van der Waals surface area contributed by atoms with Crippen molar-refractivity contribution >= 4 is 5.97 Å². The molecule has 10 fully saturated rings. The molecule has 0 aromatic carbocycles. The Morgan fingerprint density at radius 2 is 1.06 bits per heavy atom. The van der Waals surface area contributed by atoms with Gasteiger partial charge in [0.05, 0.1) is 56.8 Å². The maximum Gasteiger partial charge on any atom is 0.315 e. The van der Waals surface area contributed by atoms with Gasteiger partial charge in [0.25, 0.3) is 0 Å². The summed E-state index contributed by atoms with van der Waals surface area (Å²) < 4.78 is 71.1. The number of carbonyl (C=O) groups is 1. The van der Waals surface area contributed by atoms with Gasteiger partial charge in [-0.2, -0.15) is 0 Å². The molecule has 11 aliphatic rings. The van der Waals surface area contributed by atoms with Crippen molar-refractivity contribution in [2.24, 2.45) is 50.2 Å². The topological polar surface area (TPSA) is 492 Å². The Morgan fingerprint density at radius 1 is 0.505 bits per heavy atom. The third kappa shape index (κ3) is 12.6. The van der Waals surface area contributed by atoms with Gasteiger partial charge in [-0.25, -0.2) is 0 Å². The van der Waals surface area contributed by atoms with Crippen LogP contribution in [0.1, 0.15) is 113 Å². The minimum absolute atomic E-state index is 0.0390. The van der Waals surface area contributed by atoms with Crippen LogP contribution in [0.3, 0.4) is 0 Å². The molecule has 0 unspecified atom stereocenters. The largest absolute Gasteiger partial charge is 0.432 e. The zero-order valence-electron chi connectivity index (χ0n) is 54.9. The van der Waals surface area contributed by atoms with E-state index in [-0.39, 0.29) is 35.7 Å². The first-order valence-electron chi connectivity index (χ1n) is 33.6. The molecule has 95 heavy (non-hydrogen) atoms. The van der Waals surface area contributed by atoms with E-state index in [0.29, 0.717) is 38.5 Å². The van der Waals surface area contributed by atoms with E-state index < -0.39 is 244 Å². The van der Waals surface area contributed by atoms with Crippen molar-refractivity contribution in [3.8, 4) is 0 Å². The number of hydrogen-bond acceptors (Lipinski definition) is 31. The van der Waals surface area contributed by atoms with Crippen molar-refractivity contribution in [2.75, 3.05) is 33.0 Å². The summed E-state index contributed by atoms with van der Waals surface area (Å²) in [6, 6.07) is 0. The maximum atomic E-state index is 15.2. The van der Waals surface area contributed by atoms with Crippen LogP contribution in [0.4, 0.5) is 0 Å².